The van der Waals surface area contributed by atoms with Crippen LogP contribution in [-0.2, 0) is 9.47 Å². The van der Waals surface area contributed by atoms with Gasteiger partial charge in [-0.2, -0.15) is 0 Å². The van der Waals surface area contributed by atoms with Gasteiger partial charge < -0.3 is 25.8 Å². The second kappa shape index (κ2) is 12.4. The number of hydrogen-bond acceptors (Lipinski definition) is 9. The molecule has 12 heteroatoms. The van der Waals surface area contributed by atoms with E-state index in [9.17, 15) is 14.4 Å². The van der Waals surface area contributed by atoms with Crippen molar-refractivity contribution in [3.63, 3.8) is 0 Å². The second-order valence-electron chi connectivity index (χ2n) is 12.6. The Morgan fingerprint density at radius 1 is 0.953 bits per heavy atom. The van der Waals surface area contributed by atoms with Crippen LogP contribution in [0.5, 0.6) is 0 Å². The molecule has 3 amide bonds. The van der Waals surface area contributed by atoms with Gasteiger partial charge in [-0.25, -0.2) is 23.9 Å². The Bertz CT molecular complexity index is 1490. The van der Waals surface area contributed by atoms with Crippen LogP contribution in [0.3, 0.4) is 0 Å². The van der Waals surface area contributed by atoms with Crippen LogP contribution in [-0.4, -0.2) is 56.2 Å². The summed E-state index contributed by atoms with van der Waals surface area (Å²) in [7, 11) is 0. The normalized spacial score (nSPS) is 17.2. The summed E-state index contributed by atoms with van der Waals surface area (Å²) in [4.78, 5) is 48.7. The summed E-state index contributed by atoms with van der Waals surface area (Å²) in [6, 6.07) is 9.01. The summed E-state index contributed by atoms with van der Waals surface area (Å²) in [5.41, 5.74) is 4.96. The highest BCUT2D eigenvalue weighted by Gasteiger charge is 2.41. The fourth-order valence-electron chi connectivity index (χ4n) is 4.88. The molecule has 11 nitrogen and oxygen atoms in total. The minimum Gasteiger partial charge on any atom is -0.443 e. The number of rotatable bonds is 6. The number of para-hydroxylation sites is 1. The molecule has 1 aromatic carbocycles. The number of carbonyl (C=O) groups is 3. The van der Waals surface area contributed by atoms with E-state index >= 15 is 4.39 Å². The van der Waals surface area contributed by atoms with E-state index in [-0.39, 0.29) is 17.2 Å². The van der Waals surface area contributed by atoms with Crippen LogP contribution in [0.25, 0.3) is 10.9 Å². The van der Waals surface area contributed by atoms with Gasteiger partial charge in [0.2, 0.25) is 0 Å². The van der Waals surface area contributed by atoms with Gasteiger partial charge in [0.05, 0.1) is 29.0 Å². The Morgan fingerprint density at radius 2 is 1.58 bits per heavy atom. The number of imide groups is 1. The Hall–Kier alpha value is -4.48. The first-order valence-electron chi connectivity index (χ1n) is 14.3. The van der Waals surface area contributed by atoms with Gasteiger partial charge in [-0.3, -0.25) is 9.78 Å². The van der Waals surface area contributed by atoms with Gasteiger partial charge in [-0.05, 0) is 72.6 Å². The topological polar surface area (TPSA) is 149 Å². The number of primary amides is 1. The van der Waals surface area contributed by atoms with Crippen molar-refractivity contribution in [3.8, 4) is 0 Å². The maximum absolute atomic E-state index is 15.4. The van der Waals surface area contributed by atoms with Gasteiger partial charge in [-0.1, -0.05) is 31.0 Å². The number of fused-ring (bicyclic) bond motifs is 1. The van der Waals surface area contributed by atoms with Crippen molar-refractivity contribution in [1.29, 1.82) is 0 Å². The molecule has 4 rings (SSSR count). The molecule has 2 atom stereocenters. The number of anilines is 3. The maximum Gasteiger partial charge on any atom is 0.420 e. The molecule has 1 saturated carbocycles. The zero-order valence-electron chi connectivity index (χ0n) is 25.4. The summed E-state index contributed by atoms with van der Waals surface area (Å²) in [6.45, 7) is 10.2. The lowest BCUT2D eigenvalue weighted by Crippen LogP contribution is -2.56. The van der Waals surface area contributed by atoms with E-state index in [2.05, 4.69) is 20.6 Å². The first kappa shape index (κ1) is 31.5. The quantitative estimate of drug-likeness (QED) is 0.290. The second-order valence-corrected chi connectivity index (χ2v) is 12.6. The van der Waals surface area contributed by atoms with E-state index in [0.29, 0.717) is 18.5 Å². The monoisotopic (exact) mass is 594 g/mol. The highest BCUT2D eigenvalue weighted by Crippen LogP contribution is 2.31. The van der Waals surface area contributed by atoms with Crippen molar-refractivity contribution in [2.24, 2.45) is 5.73 Å². The standard InChI is InChI=1S/C31H39FN6O5/c1-30(2,3)42-28(40)38(29(41)43-31(4,5)6)24-14-10-9-13-23(24)36-27-21(32)16-20(25(33)39)26(37-27)35-19-15-18-11-7-8-12-22(18)34-17-19/h7-8,11-12,15-17,23-24H,9-10,13-14H2,1-6H3,(H2,33,39)(H2,35,36,37)/t23-,24+/m1/s1. The molecule has 2 aromatic heterocycles. The van der Waals surface area contributed by atoms with Crippen LogP contribution in [0.4, 0.5) is 31.3 Å². The van der Waals surface area contributed by atoms with Gasteiger partial charge in [0.15, 0.2) is 11.6 Å². The number of nitrogens with two attached hydrogens (primary N) is 1. The highest BCUT2D eigenvalue weighted by molar-refractivity contribution is 5.99. The minimum atomic E-state index is -0.870. The Balaban J connectivity index is 1.68. The smallest absolute Gasteiger partial charge is 0.420 e. The van der Waals surface area contributed by atoms with Crippen LogP contribution in [0, 0.1) is 5.82 Å². The number of amides is 3. The molecule has 0 unspecified atom stereocenters. The molecular formula is C31H39FN6O5. The average Bonchev–Trinajstić information content (AvgIpc) is 2.89. The molecule has 0 aliphatic heterocycles. The summed E-state index contributed by atoms with van der Waals surface area (Å²) in [5, 5.41) is 6.97. The fourth-order valence-corrected chi connectivity index (χ4v) is 4.88. The van der Waals surface area contributed by atoms with Crippen LogP contribution >= 0.6 is 0 Å². The molecular weight excluding hydrogens is 555 g/mol. The average molecular weight is 595 g/mol. The third-order valence-corrected chi connectivity index (χ3v) is 6.66. The van der Waals surface area contributed by atoms with E-state index in [1.54, 1.807) is 47.7 Å². The molecule has 1 aliphatic carbocycles. The van der Waals surface area contributed by atoms with Gasteiger partial charge in [0, 0.05) is 11.4 Å². The molecule has 3 aromatic rings. The Kier molecular flexibility index (Phi) is 9.07. The van der Waals surface area contributed by atoms with Crippen molar-refractivity contribution in [1.82, 2.24) is 14.9 Å². The number of hydrogen-bond donors (Lipinski definition) is 3. The van der Waals surface area contributed by atoms with Crippen molar-refractivity contribution < 1.29 is 28.2 Å². The molecule has 230 valence electrons. The number of carbonyl (C=O) groups excluding carboxylic acids is 3. The number of halogens is 1. The lowest BCUT2D eigenvalue weighted by atomic mass is 9.89. The summed E-state index contributed by atoms with van der Waals surface area (Å²) >= 11 is 0. The number of nitrogens with one attached hydrogen (secondary N) is 2. The SMILES string of the molecule is CC(C)(C)OC(=O)N(C(=O)OC(C)(C)C)[C@H]1CCCC[C@H]1Nc1nc(Nc2cnc3ccccc3c2)c(C(N)=O)cc1F. The number of nitrogens with zero attached hydrogens (tertiary/aromatic N) is 3. The number of pyridine rings is 2. The summed E-state index contributed by atoms with van der Waals surface area (Å²) in [5.74, 6) is -1.84. The first-order valence-corrected chi connectivity index (χ1v) is 14.3. The Labute approximate surface area is 250 Å². The van der Waals surface area contributed by atoms with Crippen LogP contribution in [0.2, 0.25) is 0 Å². The lowest BCUT2D eigenvalue weighted by Gasteiger charge is -2.40. The summed E-state index contributed by atoms with van der Waals surface area (Å²) < 4.78 is 26.6. The van der Waals surface area contributed by atoms with Crippen LogP contribution in [0.1, 0.15) is 77.6 Å². The molecule has 0 spiro atoms. The van der Waals surface area contributed by atoms with Crippen molar-refractivity contribution in [2.45, 2.75) is 90.5 Å². The zero-order valence-corrected chi connectivity index (χ0v) is 25.4. The van der Waals surface area contributed by atoms with Crippen LogP contribution in [0.15, 0.2) is 42.6 Å². The molecule has 2 heterocycles. The fraction of sp³-hybridized carbons (Fsp3) is 0.452. The van der Waals surface area contributed by atoms with E-state index in [0.717, 1.165) is 34.7 Å². The number of benzene rings is 1. The van der Waals surface area contributed by atoms with Crippen molar-refractivity contribution in [3.05, 3.63) is 54.0 Å². The van der Waals surface area contributed by atoms with E-state index < -0.39 is 47.2 Å². The van der Waals surface area contributed by atoms with E-state index in [4.69, 9.17) is 15.2 Å². The maximum atomic E-state index is 15.4. The van der Waals surface area contributed by atoms with E-state index in [1.807, 2.05) is 30.3 Å². The minimum absolute atomic E-state index is 0.0250. The third kappa shape index (κ3) is 8.08. The molecule has 0 bridgehead atoms. The highest BCUT2D eigenvalue weighted by atomic mass is 19.1. The van der Waals surface area contributed by atoms with Crippen molar-refractivity contribution >= 4 is 46.3 Å². The molecule has 1 aliphatic rings. The van der Waals surface area contributed by atoms with Gasteiger partial charge in [-0.15, -0.1) is 0 Å². The van der Waals surface area contributed by atoms with Crippen molar-refractivity contribution in [2.75, 3.05) is 10.6 Å². The predicted octanol–water partition coefficient (Wildman–Crippen LogP) is 6.51. The molecule has 1 fully saturated rings. The molecule has 4 N–H and O–H groups in total. The van der Waals surface area contributed by atoms with Gasteiger partial charge in [0.1, 0.15) is 17.0 Å². The third-order valence-electron chi connectivity index (χ3n) is 6.66. The largest absolute Gasteiger partial charge is 0.443 e. The lowest BCUT2D eigenvalue weighted by molar-refractivity contribution is -0.0119. The summed E-state index contributed by atoms with van der Waals surface area (Å²) in [6.07, 6.45) is 2.28. The van der Waals surface area contributed by atoms with Gasteiger partial charge in [0.25, 0.3) is 5.91 Å². The molecule has 43 heavy (non-hydrogen) atoms. The molecule has 0 radical (unpaired) electrons. The van der Waals surface area contributed by atoms with E-state index in [1.165, 1.54) is 0 Å². The number of aromatic nitrogens is 2. The first-order chi connectivity index (χ1) is 20.1. The molecule has 0 saturated heterocycles. The predicted molar refractivity (Wildman–Crippen MR) is 162 cm³/mol. The van der Waals surface area contributed by atoms with Gasteiger partial charge >= 0.3 is 12.2 Å². The van der Waals surface area contributed by atoms with Crippen LogP contribution < -0.4 is 16.4 Å². The zero-order chi connectivity index (χ0) is 31.5. The Morgan fingerprint density at radius 3 is 2.21 bits per heavy atom. The number of ether oxygens (including phenoxy) is 2.